The minimum absolute atomic E-state index is 0.177. The van der Waals surface area contributed by atoms with Gasteiger partial charge in [-0.3, -0.25) is 14.5 Å². The zero-order valence-electron chi connectivity index (χ0n) is 6.21. The van der Waals surface area contributed by atoms with E-state index in [1.165, 1.54) is 12.2 Å². The highest BCUT2D eigenvalue weighted by Gasteiger charge is 2.21. The number of carbonyl (C=O) groups excluding carboxylic acids is 2. The van der Waals surface area contributed by atoms with Crippen LogP contribution in [0.5, 0.6) is 0 Å². The Hall–Kier alpha value is -1.08. The number of hydrogen-bond donors (Lipinski definition) is 0. The second-order valence-corrected chi connectivity index (χ2v) is 2.64. The summed E-state index contributed by atoms with van der Waals surface area (Å²) in [6.45, 7) is 0.177. The lowest BCUT2D eigenvalue weighted by molar-refractivity contribution is -0.135. The van der Waals surface area contributed by atoms with Gasteiger partial charge in [0.15, 0.2) is 0 Å². The first kappa shape index (κ1) is 9.01. The molecule has 1 aliphatic rings. The van der Waals surface area contributed by atoms with Crippen LogP contribution < -0.4 is 0 Å². The van der Waals surface area contributed by atoms with Crippen molar-refractivity contribution in [1.82, 2.24) is 4.90 Å². The van der Waals surface area contributed by atoms with E-state index in [-0.39, 0.29) is 18.4 Å². The van der Waals surface area contributed by atoms with Crippen molar-refractivity contribution in [2.24, 2.45) is 0 Å². The first-order valence-electron chi connectivity index (χ1n) is 3.31. The lowest BCUT2D eigenvalue weighted by Crippen LogP contribution is -2.30. The van der Waals surface area contributed by atoms with E-state index in [1.807, 2.05) is 0 Å². The van der Waals surface area contributed by atoms with Gasteiger partial charge in [0.1, 0.15) is 0 Å². The van der Waals surface area contributed by atoms with E-state index in [9.17, 15) is 9.59 Å². The molecule has 0 saturated carbocycles. The van der Waals surface area contributed by atoms with Crippen LogP contribution in [0.15, 0.2) is 12.2 Å². The molecule has 0 spiro atoms. The van der Waals surface area contributed by atoms with Gasteiger partial charge in [0.25, 0.3) is 11.8 Å². The molecule has 1 heterocycles. The van der Waals surface area contributed by atoms with Crippen LogP contribution in [0.25, 0.3) is 0 Å². The van der Waals surface area contributed by atoms with Gasteiger partial charge >= 0.3 is 0 Å². The zero-order chi connectivity index (χ0) is 8.97. The van der Waals surface area contributed by atoms with Crippen LogP contribution >= 0.6 is 15.9 Å². The second kappa shape index (κ2) is 4.07. The summed E-state index contributed by atoms with van der Waals surface area (Å²) >= 11 is 3.11. The molecule has 0 N–H and O–H groups in total. The number of halogens is 1. The Labute approximate surface area is 78.5 Å². The first-order valence-corrected chi connectivity index (χ1v) is 4.43. The van der Waals surface area contributed by atoms with Gasteiger partial charge in [-0.25, -0.2) is 0 Å². The van der Waals surface area contributed by atoms with E-state index in [4.69, 9.17) is 0 Å². The molecule has 0 aromatic heterocycles. The van der Waals surface area contributed by atoms with E-state index < -0.39 is 0 Å². The number of nitrogens with zero attached hydrogens (tertiary/aromatic N) is 1. The summed E-state index contributed by atoms with van der Waals surface area (Å²) in [4.78, 5) is 22.9. The summed E-state index contributed by atoms with van der Waals surface area (Å²) in [6, 6.07) is 0. The predicted octanol–water partition coefficient (Wildman–Crippen LogP) is 0.310. The Morgan fingerprint density at radius 3 is 2.33 bits per heavy atom. The molecule has 0 bridgehead atoms. The largest absolute Gasteiger partial charge is 0.269 e. The van der Waals surface area contributed by atoms with Crippen molar-refractivity contribution in [3.63, 3.8) is 0 Å². The molecular weight excluding hydrogens is 222 g/mol. The van der Waals surface area contributed by atoms with Crippen LogP contribution in [-0.2, 0) is 9.59 Å². The van der Waals surface area contributed by atoms with Gasteiger partial charge in [-0.2, -0.15) is 0 Å². The molecule has 0 radical (unpaired) electrons. The molecule has 0 fully saturated rings. The average Bonchev–Trinajstić information content (AvgIpc) is 2.35. The van der Waals surface area contributed by atoms with Crippen molar-refractivity contribution in [1.29, 1.82) is 0 Å². The summed E-state index contributed by atoms with van der Waals surface area (Å²) < 4.78 is 0. The third-order valence-corrected chi connectivity index (χ3v) is 1.61. The third kappa shape index (κ3) is 1.95. The fourth-order valence-corrected chi connectivity index (χ4v) is 0.967. The maximum Gasteiger partial charge on any atom is 0.254 e. The molecule has 0 aromatic carbocycles. The van der Waals surface area contributed by atoms with Crippen molar-refractivity contribution >= 4 is 27.7 Å². The highest BCUT2D eigenvalue weighted by molar-refractivity contribution is 9.09. The van der Waals surface area contributed by atoms with Crippen molar-refractivity contribution in [2.75, 3.05) is 11.9 Å². The van der Waals surface area contributed by atoms with E-state index in [0.717, 1.165) is 4.90 Å². The second-order valence-electron chi connectivity index (χ2n) is 2.08. The fraction of sp³-hybridized carbons (Fsp3) is 0.250. The molecule has 1 rings (SSSR count). The van der Waals surface area contributed by atoms with Crippen molar-refractivity contribution in [2.45, 2.75) is 0 Å². The van der Waals surface area contributed by atoms with Crippen molar-refractivity contribution < 1.29 is 9.59 Å². The van der Waals surface area contributed by atoms with Crippen LogP contribution in [0.3, 0.4) is 0 Å². The molecule has 0 saturated heterocycles. The number of alkyl halides is 1. The molecule has 0 atom stereocenters. The van der Waals surface area contributed by atoms with Crippen molar-refractivity contribution in [3.05, 3.63) is 12.2 Å². The van der Waals surface area contributed by atoms with Gasteiger partial charge < -0.3 is 0 Å². The first-order chi connectivity index (χ1) is 5.75. The molecule has 0 aliphatic carbocycles. The van der Waals surface area contributed by atoms with Gasteiger partial charge in [0, 0.05) is 12.2 Å². The molecule has 0 aromatic rings. The maximum atomic E-state index is 10.9. The summed E-state index contributed by atoms with van der Waals surface area (Å²) in [5.41, 5.74) is 0. The summed E-state index contributed by atoms with van der Waals surface area (Å²) in [6.07, 6.45) is 2.50. The third-order valence-electron chi connectivity index (χ3n) is 1.33. The highest BCUT2D eigenvalue weighted by Crippen LogP contribution is 2.01. The van der Waals surface area contributed by atoms with Crippen LogP contribution in [0.2, 0.25) is 0 Å². The molecule has 0 unspecified atom stereocenters. The smallest absolute Gasteiger partial charge is 0.254 e. The minimum Gasteiger partial charge on any atom is -0.269 e. The van der Waals surface area contributed by atoms with Crippen LogP contribution in [0.1, 0.15) is 0 Å². The summed E-state index contributed by atoms with van der Waals surface area (Å²) in [7, 11) is 0. The number of hydrogen-bond acceptors (Lipinski definition) is 2. The van der Waals surface area contributed by atoms with Crippen LogP contribution in [0, 0.1) is 11.8 Å². The van der Waals surface area contributed by atoms with E-state index in [1.54, 1.807) is 0 Å². The van der Waals surface area contributed by atoms with Gasteiger partial charge in [-0.1, -0.05) is 27.8 Å². The summed E-state index contributed by atoms with van der Waals surface area (Å²) in [5, 5.41) is 0.552. The Bertz CT molecular complexity index is 280. The maximum absolute atomic E-state index is 10.9. The molecule has 3 nitrogen and oxygen atoms in total. The quantitative estimate of drug-likeness (QED) is 0.368. The zero-order valence-corrected chi connectivity index (χ0v) is 7.80. The minimum atomic E-state index is -0.288. The molecule has 2 amide bonds. The van der Waals surface area contributed by atoms with Gasteiger partial charge in [0.05, 0.1) is 11.9 Å². The lowest BCUT2D eigenvalue weighted by atomic mass is 10.5. The van der Waals surface area contributed by atoms with Gasteiger partial charge in [-0.05, 0) is 0 Å². The number of rotatable bonds is 1. The average molecular weight is 228 g/mol. The Morgan fingerprint density at radius 1 is 1.25 bits per heavy atom. The molecule has 4 heteroatoms. The normalized spacial score (nSPS) is 14.9. The van der Waals surface area contributed by atoms with E-state index in [2.05, 4.69) is 27.8 Å². The summed E-state index contributed by atoms with van der Waals surface area (Å²) in [5.74, 6) is 4.82. The van der Waals surface area contributed by atoms with Crippen molar-refractivity contribution in [3.8, 4) is 11.8 Å². The molecule has 62 valence electrons. The number of imide groups is 1. The topological polar surface area (TPSA) is 37.4 Å². The SMILES string of the molecule is O=C1C=CC(=O)N1CC#CCBr. The Balaban J connectivity index is 2.54. The highest BCUT2D eigenvalue weighted by atomic mass is 79.9. The lowest BCUT2D eigenvalue weighted by Gasteiger charge is -2.07. The fourth-order valence-electron chi connectivity index (χ4n) is 0.769. The Kier molecular flexibility index (Phi) is 3.06. The van der Waals surface area contributed by atoms with Gasteiger partial charge in [0.2, 0.25) is 0 Å². The van der Waals surface area contributed by atoms with Crippen LogP contribution in [-0.4, -0.2) is 28.6 Å². The number of amides is 2. The standard InChI is InChI=1S/C8H6BrNO2/c9-5-1-2-6-10-7(11)3-4-8(10)12/h3-4H,5-6H2. The molecule has 1 aliphatic heterocycles. The van der Waals surface area contributed by atoms with E-state index >= 15 is 0 Å². The molecular formula is C8H6BrNO2. The Morgan fingerprint density at radius 2 is 1.83 bits per heavy atom. The molecule has 12 heavy (non-hydrogen) atoms. The number of carbonyl (C=O) groups is 2. The predicted molar refractivity (Wildman–Crippen MR) is 47.4 cm³/mol. The monoisotopic (exact) mass is 227 g/mol. The van der Waals surface area contributed by atoms with Crippen LogP contribution in [0.4, 0.5) is 0 Å². The van der Waals surface area contributed by atoms with E-state index in [0.29, 0.717) is 5.33 Å². The van der Waals surface area contributed by atoms with Gasteiger partial charge in [-0.15, -0.1) is 0 Å².